The highest BCUT2D eigenvalue weighted by Crippen LogP contribution is 2.25. The van der Waals surface area contributed by atoms with Gasteiger partial charge in [-0.15, -0.1) is 0 Å². The minimum absolute atomic E-state index is 0.113. The summed E-state index contributed by atoms with van der Waals surface area (Å²) >= 11 is 0. The fourth-order valence-corrected chi connectivity index (χ4v) is 0.921. The number of rotatable bonds is 3. The summed E-state index contributed by atoms with van der Waals surface area (Å²) < 4.78 is 63.9. The van der Waals surface area contributed by atoms with Crippen LogP contribution >= 0.6 is 0 Å². The number of oxazole rings is 1. The Balaban J connectivity index is 2.63. The fourth-order valence-electron chi connectivity index (χ4n) is 0.516. The zero-order chi connectivity index (χ0) is 10.8. The molecule has 0 aliphatic heterocycles. The number of alkyl halides is 3. The molecule has 1 heterocycles. The molecule has 1 aromatic heterocycles. The zero-order valence-corrected chi connectivity index (χ0v) is 7.30. The summed E-state index contributed by atoms with van der Waals surface area (Å²) in [4.78, 5) is 3.36. The monoisotopic (exact) mass is 231 g/mol. The molecule has 0 saturated carbocycles. The third-order valence-electron chi connectivity index (χ3n) is 1.12. The normalized spacial score (nSPS) is 13.1. The van der Waals surface area contributed by atoms with E-state index in [-0.39, 0.29) is 5.76 Å². The number of nitrogens with zero attached hydrogens (tertiary/aromatic N) is 1. The average molecular weight is 231 g/mol. The lowest BCUT2D eigenvalue weighted by Gasteiger charge is -2.06. The highest BCUT2D eigenvalue weighted by Gasteiger charge is 2.47. The van der Waals surface area contributed by atoms with Crippen molar-refractivity contribution < 1.29 is 30.2 Å². The Morgan fingerprint density at radius 1 is 1.50 bits per heavy atom. The molecule has 14 heavy (non-hydrogen) atoms. The van der Waals surface area contributed by atoms with E-state index in [1.54, 1.807) is 0 Å². The van der Waals surface area contributed by atoms with Gasteiger partial charge in [-0.25, -0.2) is 4.98 Å². The van der Waals surface area contributed by atoms with Gasteiger partial charge in [-0.05, 0) is 0 Å². The molecule has 0 unspecified atom stereocenters. The maximum atomic E-state index is 11.7. The summed E-state index contributed by atoms with van der Waals surface area (Å²) in [5.41, 5.74) is -5.42. The van der Waals surface area contributed by atoms with Crippen molar-refractivity contribution in [1.82, 2.24) is 4.98 Å². The molecule has 0 saturated heterocycles. The predicted octanol–water partition coefficient (Wildman–Crippen LogP) is 1.04. The molecule has 0 aliphatic carbocycles. The van der Waals surface area contributed by atoms with Crippen molar-refractivity contribution >= 4 is 10.1 Å². The Hall–Kier alpha value is -1.09. The molecule has 0 atom stereocenters. The van der Waals surface area contributed by atoms with Crippen LogP contribution in [0.2, 0.25) is 0 Å². The van der Waals surface area contributed by atoms with Crippen LogP contribution in [0.1, 0.15) is 5.76 Å². The first-order valence-electron chi connectivity index (χ1n) is 3.16. The van der Waals surface area contributed by atoms with Gasteiger partial charge in [-0.2, -0.15) is 21.6 Å². The summed E-state index contributed by atoms with van der Waals surface area (Å²) in [6.07, 6.45) is 1.99. The average Bonchev–Trinajstić information content (AvgIpc) is 2.50. The third kappa shape index (κ3) is 2.45. The first kappa shape index (κ1) is 11.0. The second kappa shape index (κ2) is 3.58. The molecule has 0 N–H and O–H groups in total. The molecule has 0 spiro atoms. The van der Waals surface area contributed by atoms with Gasteiger partial charge in [0, 0.05) is 0 Å². The van der Waals surface area contributed by atoms with Crippen LogP contribution in [0.5, 0.6) is 0 Å². The highest BCUT2D eigenvalue weighted by atomic mass is 32.2. The van der Waals surface area contributed by atoms with Crippen molar-refractivity contribution in [3.63, 3.8) is 0 Å². The third-order valence-corrected chi connectivity index (χ3v) is 2.12. The first-order chi connectivity index (χ1) is 6.33. The molecule has 0 amide bonds. The maximum Gasteiger partial charge on any atom is 0.523 e. The van der Waals surface area contributed by atoms with E-state index < -0.39 is 22.2 Å². The highest BCUT2D eigenvalue weighted by molar-refractivity contribution is 7.87. The van der Waals surface area contributed by atoms with Crippen molar-refractivity contribution in [3.05, 3.63) is 18.4 Å². The van der Waals surface area contributed by atoms with Crippen LogP contribution in [0, 0.1) is 0 Å². The van der Waals surface area contributed by atoms with E-state index in [1.807, 2.05) is 0 Å². The van der Waals surface area contributed by atoms with E-state index in [0.717, 1.165) is 12.6 Å². The Morgan fingerprint density at radius 3 is 2.57 bits per heavy atom. The number of aromatic nitrogens is 1. The van der Waals surface area contributed by atoms with Crippen LogP contribution in [0.25, 0.3) is 0 Å². The standard InChI is InChI=1S/C5H4F3NO4S/c6-5(7,8)14(10,11)13-2-4-1-9-3-12-4/h1,3H,2H2. The van der Waals surface area contributed by atoms with E-state index >= 15 is 0 Å². The molecule has 0 aliphatic rings. The lowest BCUT2D eigenvalue weighted by Crippen LogP contribution is -2.25. The van der Waals surface area contributed by atoms with Gasteiger partial charge in [0.2, 0.25) is 0 Å². The number of hydrogen-bond acceptors (Lipinski definition) is 5. The molecule has 0 radical (unpaired) electrons. The molecule has 1 aromatic rings. The number of hydrogen-bond donors (Lipinski definition) is 0. The Morgan fingerprint density at radius 2 is 2.14 bits per heavy atom. The molecule has 1 rings (SSSR count). The van der Waals surface area contributed by atoms with Crippen LogP contribution in [-0.2, 0) is 20.9 Å². The number of halogens is 3. The van der Waals surface area contributed by atoms with Crippen LogP contribution in [0.4, 0.5) is 13.2 Å². The minimum atomic E-state index is -5.56. The molecule has 0 bridgehead atoms. The topological polar surface area (TPSA) is 69.4 Å². The largest absolute Gasteiger partial charge is 0.523 e. The van der Waals surface area contributed by atoms with Crippen LogP contribution in [-0.4, -0.2) is 18.9 Å². The molecule has 0 fully saturated rings. The maximum absolute atomic E-state index is 11.7. The van der Waals surface area contributed by atoms with E-state index in [4.69, 9.17) is 0 Å². The smallest absolute Gasteiger partial charge is 0.446 e. The van der Waals surface area contributed by atoms with E-state index in [2.05, 4.69) is 13.6 Å². The van der Waals surface area contributed by atoms with Crippen molar-refractivity contribution in [2.24, 2.45) is 0 Å². The van der Waals surface area contributed by atoms with Gasteiger partial charge in [0.15, 0.2) is 12.2 Å². The Kier molecular flexibility index (Phi) is 2.81. The predicted molar refractivity (Wildman–Crippen MR) is 36.3 cm³/mol. The Bertz CT molecular complexity index is 382. The van der Waals surface area contributed by atoms with Gasteiger partial charge in [0.1, 0.15) is 6.61 Å². The molecule has 5 nitrogen and oxygen atoms in total. The van der Waals surface area contributed by atoms with E-state index in [0.29, 0.717) is 0 Å². The van der Waals surface area contributed by atoms with Crippen molar-refractivity contribution in [2.75, 3.05) is 0 Å². The quantitative estimate of drug-likeness (QED) is 0.574. The van der Waals surface area contributed by atoms with Crippen molar-refractivity contribution in [1.29, 1.82) is 0 Å². The van der Waals surface area contributed by atoms with Crippen LogP contribution in [0.3, 0.4) is 0 Å². The molecular weight excluding hydrogens is 227 g/mol. The summed E-state index contributed by atoms with van der Waals surface area (Å²) in [5, 5.41) is 0. The van der Waals surface area contributed by atoms with Gasteiger partial charge in [0.05, 0.1) is 6.20 Å². The molecular formula is C5H4F3NO4S. The second-order valence-corrected chi connectivity index (χ2v) is 3.74. The zero-order valence-electron chi connectivity index (χ0n) is 6.48. The second-order valence-electron chi connectivity index (χ2n) is 2.13. The van der Waals surface area contributed by atoms with Gasteiger partial charge < -0.3 is 4.42 Å². The Labute approximate surface area is 76.6 Å². The minimum Gasteiger partial charge on any atom is -0.446 e. The van der Waals surface area contributed by atoms with Crippen molar-refractivity contribution in [2.45, 2.75) is 12.1 Å². The lowest BCUT2D eigenvalue weighted by atomic mass is 10.6. The summed E-state index contributed by atoms with van der Waals surface area (Å²) in [6.45, 7) is -0.832. The van der Waals surface area contributed by atoms with Gasteiger partial charge in [0.25, 0.3) is 0 Å². The molecule has 80 valence electrons. The van der Waals surface area contributed by atoms with Crippen LogP contribution < -0.4 is 0 Å². The fraction of sp³-hybridized carbons (Fsp3) is 0.400. The molecule has 0 aromatic carbocycles. The van der Waals surface area contributed by atoms with Crippen molar-refractivity contribution in [3.8, 4) is 0 Å². The SMILES string of the molecule is O=S(=O)(OCc1cnco1)C(F)(F)F. The van der Waals surface area contributed by atoms with Gasteiger partial charge in [-0.3, -0.25) is 4.18 Å². The summed E-state index contributed by atoms with van der Waals surface area (Å²) in [7, 11) is -5.56. The summed E-state index contributed by atoms with van der Waals surface area (Å²) in [5.74, 6) is -0.113. The van der Waals surface area contributed by atoms with Gasteiger partial charge >= 0.3 is 15.6 Å². The first-order valence-corrected chi connectivity index (χ1v) is 4.57. The van der Waals surface area contributed by atoms with Gasteiger partial charge in [-0.1, -0.05) is 0 Å². The van der Waals surface area contributed by atoms with E-state index in [9.17, 15) is 21.6 Å². The van der Waals surface area contributed by atoms with Crippen LogP contribution in [0.15, 0.2) is 17.0 Å². The molecule has 9 heteroatoms. The lowest BCUT2D eigenvalue weighted by molar-refractivity contribution is -0.0551. The summed E-state index contributed by atoms with van der Waals surface area (Å²) in [6, 6.07) is 0. The van der Waals surface area contributed by atoms with E-state index in [1.165, 1.54) is 0 Å².